The van der Waals surface area contributed by atoms with Crippen LogP contribution in [0.3, 0.4) is 0 Å². The fourth-order valence-corrected chi connectivity index (χ4v) is 4.75. The lowest BCUT2D eigenvalue weighted by atomic mass is 9.81. The van der Waals surface area contributed by atoms with Gasteiger partial charge in [0.05, 0.1) is 13.1 Å². The molecule has 0 saturated carbocycles. The van der Waals surface area contributed by atoms with Crippen molar-refractivity contribution in [1.29, 1.82) is 0 Å². The first-order chi connectivity index (χ1) is 21.0. The van der Waals surface area contributed by atoms with Crippen LogP contribution in [-0.4, -0.2) is 61.1 Å². The monoisotopic (exact) mass is 715 g/mol. The lowest BCUT2D eigenvalue weighted by Crippen LogP contribution is -2.69. The highest BCUT2D eigenvalue weighted by Crippen LogP contribution is 2.62. The van der Waals surface area contributed by atoms with Gasteiger partial charge in [-0.3, -0.25) is 0 Å². The number of benzene rings is 3. The van der Waals surface area contributed by atoms with Crippen molar-refractivity contribution in [2.24, 2.45) is 10.8 Å². The fourth-order valence-electron chi connectivity index (χ4n) is 4.75. The van der Waals surface area contributed by atoms with E-state index < -0.39 is 78.6 Å². The zero-order chi connectivity index (χ0) is 36.2. The molecular formula is C26H15F18NO2. The summed E-state index contributed by atoms with van der Waals surface area (Å²) in [6.07, 6.45) is -49.4. The molecule has 1 amide bonds. The van der Waals surface area contributed by atoms with E-state index in [-0.39, 0.29) is 27.1 Å². The SMILES string of the molecule is O=C(OCc1c2ccccc2cc2ccccc12)N(CC(C(F)(F)F)(C(F)(F)F)C(F)(F)F)CC(C(F)(F)F)(C(F)(F)F)C(F)(F)F. The van der Waals surface area contributed by atoms with Gasteiger partial charge in [-0.2, -0.15) is 79.0 Å². The lowest BCUT2D eigenvalue weighted by Gasteiger charge is -2.45. The molecule has 3 rings (SSSR count). The first-order valence-electron chi connectivity index (χ1n) is 12.2. The Bertz CT molecular complexity index is 1420. The molecule has 3 aromatic rings. The summed E-state index contributed by atoms with van der Waals surface area (Å²) in [6.45, 7) is -10.0. The molecule has 0 aliphatic rings. The highest BCUT2D eigenvalue weighted by atomic mass is 19.4. The molecule has 0 aliphatic heterocycles. The Kier molecular flexibility index (Phi) is 9.38. The highest BCUT2D eigenvalue weighted by Gasteiger charge is 2.87. The van der Waals surface area contributed by atoms with Gasteiger partial charge in [0.2, 0.25) is 0 Å². The summed E-state index contributed by atoms with van der Waals surface area (Å²) in [6, 6.07) is 12.3. The maximum absolute atomic E-state index is 13.6. The lowest BCUT2D eigenvalue weighted by molar-refractivity contribution is -0.438. The Labute approximate surface area is 249 Å². The van der Waals surface area contributed by atoms with Crippen LogP contribution in [-0.2, 0) is 11.3 Å². The number of halogens is 18. The summed E-state index contributed by atoms with van der Waals surface area (Å²) in [5.74, 6) is 0. The molecule has 0 aromatic heterocycles. The third kappa shape index (κ3) is 6.40. The van der Waals surface area contributed by atoms with E-state index in [1.54, 1.807) is 0 Å². The number of hydrogen-bond acceptors (Lipinski definition) is 2. The fraction of sp³-hybridized carbons (Fsp3) is 0.423. The van der Waals surface area contributed by atoms with E-state index in [1.165, 1.54) is 54.6 Å². The van der Waals surface area contributed by atoms with Gasteiger partial charge in [0.1, 0.15) is 6.61 Å². The first kappa shape index (κ1) is 37.6. The average Bonchev–Trinajstić information content (AvgIpc) is 2.86. The molecule has 0 atom stereocenters. The van der Waals surface area contributed by atoms with E-state index in [1.807, 2.05) is 0 Å². The molecule has 262 valence electrons. The van der Waals surface area contributed by atoms with Crippen LogP contribution in [0.15, 0.2) is 54.6 Å². The van der Waals surface area contributed by atoms with Crippen LogP contribution in [0.4, 0.5) is 83.8 Å². The molecule has 0 N–H and O–H groups in total. The molecule has 0 spiro atoms. The van der Waals surface area contributed by atoms with E-state index in [2.05, 4.69) is 4.74 Å². The van der Waals surface area contributed by atoms with Crippen molar-refractivity contribution in [3.05, 3.63) is 60.2 Å². The highest BCUT2D eigenvalue weighted by molar-refractivity contribution is 6.02. The van der Waals surface area contributed by atoms with Crippen molar-refractivity contribution in [3.8, 4) is 0 Å². The summed E-state index contributed by atoms with van der Waals surface area (Å²) < 4.78 is 250. The normalized spacial score (nSPS) is 14.5. The van der Waals surface area contributed by atoms with E-state index in [9.17, 15) is 83.8 Å². The molecule has 0 saturated heterocycles. The predicted molar refractivity (Wildman–Crippen MR) is 124 cm³/mol. The number of amides is 1. The molecule has 0 aliphatic carbocycles. The summed E-state index contributed by atoms with van der Waals surface area (Å²) in [5.41, 5.74) is -15.0. The first-order valence-corrected chi connectivity index (χ1v) is 12.2. The van der Waals surface area contributed by atoms with Crippen LogP contribution in [0.1, 0.15) is 5.56 Å². The van der Waals surface area contributed by atoms with Gasteiger partial charge < -0.3 is 9.64 Å². The third-order valence-electron chi connectivity index (χ3n) is 7.24. The van der Waals surface area contributed by atoms with Crippen LogP contribution in [0, 0.1) is 10.8 Å². The van der Waals surface area contributed by atoms with Crippen molar-refractivity contribution in [2.45, 2.75) is 43.7 Å². The quantitative estimate of drug-likeness (QED) is 0.188. The van der Waals surface area contributed by atoms with Gasteiger partial charge >= 0.3 is 43.2 Å². The summed E-state index contributed by atoms with van der Waals surface area (Å²) >= 11 is 0. The molecule has 0 radical (unpaired) electrons. The number of alkyl halides is 18. The van der Waals surface area contributed by atoms with Crippen LogP contribution >= 0.6 is 0 Å². The minimum absolute atomic E-state index is 0.0518. The second-order valence-electron chi connectivity index (χ2n) is 10.0. The van der Waals surface area contributed by atoms with E-state index >= 15 is 0 Å². The van der Waals surface area contributed by atoms with Crippen molar-refractivity contribution >= 4 is 27.6 Å². The summed E-state index contributed by atoms with van der Waals surface area (Å²) in [7, 11) is 0. The van der Waals surface area contributed by atoms with E-state index in [4.69, 9.17) is 0 Å². The minimum atomic E-state index is -7.70. The van der Waals surface area contributed by atoms with Crippen LogP contribution in [0.25, 0.3) is 21.5 Å². The van der Waals surface area contributed by atoms with Crippen molar-refractivity contribution in [2.75, 3.05) is 13.1 Å². The second-order valence-corrected chi connectivity index (χ2v) is 10.0. The number of carbonyl (C=O) groups excluding carboxylic acids is 1. The molecule has 3 aromatic carbocycles. The van der Waals surface area contributed by atoms with E-state index in [0.29, 0.717) is 0 Å². The van der Waals surface area contributed by atoms with Crippen LogP contribution in [0.5, 0.6) is 0 Å². The van der Waals surface area contributed by atoms with Crippen molar-refractivity contribution in [1.82, 2.24) is 4.90 Å². The Hall–Kier alpha value is -3.81. The predicted octanol–water partition coefficient (Wildman–Crippen LogP) is 10.3. The molecular weight excluding hydrogens is 700 g/mol. The number of ether oxygens (including phenoxy) is 1. The number of hydrogen-bond donors (Lipinski definition) is 0. The maximum atomic E-state index is 13.6. The standard InChI is InChI=1S/C26H15F18NO2/c27-21(28,29)19(22(30,31)32,23(33,34)35)11-45(12-20(24(36,37)38,25(39,40)41)26(42,43)44)18(46)47-10-17-15-7-3-1-5-13(15)9-14-6-2-4-8-16(14)17/h1-9H,10-12H2. The molecule has 47 heavy (non-hydrogen) atoms. The smallest absolute Gasteiger partial charge is 0.413 e. The topological polar surface area (TPSA) is 29.5 Å². The van der Waals surface area contributed by atoms with E-state index in [0.717, 1.165) is 0 Å². The summed E-state index contributed by atoms with van der Waals surface area (Å²) in [5, 5.41) is 0.640. The van der Waals surface area contributed by atoms with Gasteiger partial charge in [-0.1, -0.05) is 48.5 Å². The van der Waals surface area contributed by atoms with Gasteiger partial charge in [-0.15, -0.1) is 0 Å². The number of fused-ring (bicyclic) bond motifs is 2. The van der Waals surface area contributed by atoms with Gasteiger partial charge in [-0.25, -0.2) is 4.79 Å². The van der Waals surface area contributed by atoms with Gasteiger partial charge in [0, 0.05) is 5.56 Å². The zero-order valence-corrected chi connectivity index (χ0v) is 22.4. The number of rotatable bonds is 6. The van der Waals surface area contributed by atoms with Crippen LogP contribution < -0.4 is 0 Å². The maximum Gasteiger partial charge on any atom is 0.413 e. The van der Waals surface area contributed by atoms with Crippen molar-refractivity contribution in [3.63, 3.8) is 0 Å². The van der Waals surface area contributed by atoms with Gasteiger partial charge in [0.15, 0.2) is 0 Å². The third-order valence-corrected chi connectivity index (χ3v) is 7.24. The Balaban J connectivity index is 2.29. The van der Waals surface area contributed by atoms with Gasteiger partial charge in [-0.05, 0) is 27.6 Å². The largest absolute Gasteiger partial charge is 0.444 e. The second kappa shape index (κ2) is 11.7. The van der Waals surface area contributed by atoms with Crippen LogP contribution in [0.2, 0.25) is 0 Å². The molecule has 0 unspecified atom stereocenters. The Morgan fingerprint density at radius 2 is 0.809 bits per heavy atom. The molecule has 0 bridgehead atoms. The Morgan fingerprint density at radius 1 is 0.511 bits per heavy atom. The average molecular weight is 715 g/mol. The van der Waals surface area contributed by atoms with Crippen molar-refractivity contribution < 1.29 is 88.6 Å². The Morgan fingerprint density at radius 3 is 1.11 bits per heavy atom. The minimum Gasteiger partial charge on any atom is -0.444 e. The number of carbonyl (C=O) groups is 1. The zero-order valence-electron chi connectivity index (χ0n) is 22.4. The molecule has 0 heterocycles. The molecule has 3 nitrogen and oxygen atoms in total. The van der Waals surface area contributed by atoms with Gasteiger partial charge in [0.25, 0.3) is 10.8 Å². The molecule has 21 heteroatoms. The molecule has 0 fully saturated rings. The summed E-state index contributed by atoms with van der Waals surface area (Å²) in [4.78, 5) is 10.6. The number of nitrogens with zero attached hydrogens (tertiary/aromatic N) is 1.